The molecule has 0 saturated heterocycles. The van der Waals surface area contributed by atoms with E-state index >= 15 is 0 Å². The topological polar surface area (TPSA) is 115 Å². The summed E-state index contributed by atoms with van der Waals surface area (Å²) in [5.41, 5.74) is 2.87. The van der Waals surface area contributed by atoms with E-state index in [0.29, 0.717) is 5.56 Å². The molecule has 0 aliphatic carbocycles. The molecule has 0 amide bonds. The van der Waals surface area contributed by atoms with Crippen LogP contribution in [0.4, 0.5) is 5.69 Å². The van der Waals surface area contributed by atoms with Crippen molar-refractivity contribution in [2.75, 3.05) is 0 Å². The molecule has 3 N–H and O–H groups in total. The normalized spacial score (nSPS) is 9.50. The first-order valence-electron chi connectivity index (χ1n) is 7.65. The molecule has 2 rings (SSSR count). The summed E-state index contributed by atoms with van der Waals surface area (Å²) in [5.74, 6) is 5.06. The van der Waals surface area contributed by atoms with E-state index in [1.165, 1.54) is 24.3 Å². The van der Waals surface area contributed by atoms with Crippen LogP contribution in [0.15, 0.2) is 54.6 Å². The third kappa shape index (κ3) is 12.4. The molecule has 0 aliphatic rings. The number of para-hydroxylation sites is 1. The summed E-state index contributed by atoms with van der Waals surface area (Å²) in [4.78, 5) is 30.7. The van der Waals surface area contributed by atoms with Crippen LogP contribution in [0.1, 0.15) is 41.5 Å². The lowest BCUT2D eigenvalue weighted by atomic mass is 10.1. The summed E-state index contributed by atoms with van der Waals surface area (Å²) in [6, 6.07) is 14.3. The number of nitrogens with two attached hydrogens (primary N) is 1. The third-order valence-corrected chi connectivity index (χ3v) is 3.17. The number of nitro benzene ring substituents is 1. The lowest BCUT2D eigenvalue weighted by Gasteiger charge is -2.14. The van der Waals surface area contributed by atoms with Gasteiger partial charge in [0.05, 0.1) is 4.92 Å². The van der Waals surface area contributed by atoms with Gasteiger partial charge in [0.1, 0.15) is 5.56 Å². The van der Waals surface area contributed by atoms with Crippen molar-refractivity contribution in [1.29, 1.82) is 0 Å². The highest BCUT2D eigenvalue weighted by atomic mass is 35.5. The number of hydrazine groups is 1. The van der Waals surface area contributed by atoms with Gasteiger partial charge in [-0.05, 0) is 50.0 Å². The highest BCUT2D eigenvalue weighted by Crippen LogP contribution is 2.18. The number of rotatable bonds is 3. The molecule has 0 fully saturated rings. The van der Waals surface area contributed by atoms with Crippen LogP contribution in [0.2, 0.25) is 0 Å². The molecule has 0 heterocycles. The zero-order valence-electron chi connectivity index (χ0n) is 15.5. The number of halogens is 3. The molecule has 0 spiro atoms. The van der Waals surface area contributed by atoms with Gasteiger partial charge in [0.25, 0.3) is 16.2 Å². The highest BCUT2D eigenvalue weighted by Gasteiger charge is 2.16. The number of carbonyl (C=O) groups excluding carboxylic acids is 2. The molecular formula is C18H22Cl3N3O4. The van der Waals surface area contributed by atoms with Gasteiger partial charge in [-0.15, -0.1) is 12.4 Å². The fourth-order valence-corrected chi connectivity index (χ4v) is 1.65. The average molecular weight is 451 g/mol. The summed E-state index contributed by atoms with van der Waals surface area (Å²) in [7, 11) is 0. The zero-order valence-corrected chi connectivity index (χ0v) is 17.8. The number of carbonyl (C=O) groups is 2. The van der Waals surface area contributed by atoms with Gasteiger partial charge in [-0.2, -0.15) is 0 Å². The second kappa shape index (κ2) is 14.0. The van der Waals surface area contributed by atoms with Crippen LogP contribution in [0.3, 0.4) is 0 Å². The first-order chi connectivity index (χ1) is 12.5. The Bertz CT molecular complexity index is 733. The van der Waals surface area contributed by atoms with E-state index in [1.54, 1.807) is 24.3 Å². The SMILES string of the molecule is CC(C)(C)NN.Cl.O=C(Cl)c1ccccc1.O=C(Cl)c1ccccc1[N+](=O)[O-]. The van der Waals surface area contributed by atoms with Crippen molar-refractivity contribution in [1.82, 2.24) is 5.43 Å². The van der Waals surface area contributed by atoms with Gasteiger partial charge >= 0.3 is 0 Å². The summed E-state index contributed by atoms with van der Waals surface area (Å²) in [6.07, 6.45) is 0. The second-order valence-corrected chi connectivity index (χ2v) is 6.77. The standard InChI is InChI=1S/C7H4ClNO3.C7H5ClO.C4H12N2.ClH/c8-7(10)5-3-1-2-4-6(5)9(11)12;8-7(9)6-4-2-1-3-5-6;1-4(2,3)6-5;/h1-4H;1-5H;6H,5H2,1-3H3;1H. The van der Waals surface area contributed by atoms with E-state index in [4.69, 9.17) is 29.0 Å². The molecule has 0 aliphatic heterocycles. The molecule has 0 aromatic heterocycles. The summed E-state index contributed by atoms with van der Waals surface area (Å²) in [5, 5.41) is 9.10. The number of nitrogens with one attached hydrogen (secondary N) is 1. The van der Waals surface area contributed by atoms with E-state index in [2.05, 4.69) is 5.43 Å². The summed E-state index contributed by atoms with van der Waals surface area (Å²) < 4.78 is 0. The van der Waals surface area contributed by atoms with E-state index in [1.807, 2.05) is 26.8 Å². The third-order valence-electron chi connectivity index (χ3n) is 2.75. The lowest BCUT2D eigenvalue weighted by molar-refractivity contribution is -0.385. The minimum absolute atomic E-state index is 0. The van der Waals surface area contributed by atoms with Crippen LogP contribution in [0, 0.1) is 10.1 Å². The second-order valence-electron chi connectivity index (χ2n) is 6.08. The van der Waals surface area contributed by atoms with Crippen LogP contribution < -0.4 is 11.3 Å². The highest BCUT2D eigenvalue weighted by molar-refractivity contribution is 6.68. The minimum Gasteiger partial charge on any atom is -0.276 e. The predicted octanol–water partition coefficient (Wildman–Crippen LogP) is 4.71. The van der Waals surface area contributed by atoms with Gasteiger partial charge < -0.3 is 0 Å². The molecule has 2 aromatic carbocycles. The van der Waals surface area contributed by atoms with Gasteiger partial charge in [0.15, 0.2) is 0 Å². The van der Waals surface area contributed by atoms with E-state index in [-0.39, 0.29) is 29.2 Å². The molecule has 28 heavy (non-hydrogen) atoms. The molecule has 0 radical (unpaired) electrons. The average Bonchev–Trinajstić information content (AvgIpc) is 2.62. The van der Waals surface area contributed by atoms with E-state index in [0.717, 1.165) is 0 Å². The molecule has 0 bridgehead atoms. The molecule has 0 atom stereocenters. The Hall–Kier alpha value is -2.03. The Labute approximate surface area is 179 Å². The Morgan fingerprint density at radius 2 is 1.39 bits per heavy atom. The lowest BCUT2D eigenvalue weighted by Crippen LogP contribution is -2.41. The van der Waals surface area contributed by atoms with Crippen molar-refractivity contribution < 1.29 is 14.5 Å². The van der Waals surface area contributed by atoms with Crippen molar-refractivity contribution in [2.24, 2.45) is 5.84 Å². The molecule has 0 saturated carbocycles. The van der Waals surface area contributed by atoms with E-state index < -0.39 is 15.4 Å². The molecule has 154 valence electrons. The van der Waals surface area contributed by atoms with Crippen molar-refractivity contribution in [3.05, 3.63) is 75.8 Å². The van der Waals surface area contributed by atoms with Crippen LogP contribution in [0.5, 0.6) is 0 Å². The molecule has 10 heteroatoms. The van der Waals surface area contributed by atoms with Gasteiger partial charge in [0, 0.05) is 17.2 Å². The quantitative estimate of drug-likeness (QED) is 0.303. The fraction of sp³-hybridized carbons (Fsp3) is 0.222. The molecule has 7 nitrogen and oxygen atoms in total. The van der Waals surface area contributed by atoms with Crippen LogP contribution in [-0.4, -0.2) is 20.9 Å². The smallest absolute Gasteiger partial charge is 0.276 e. The molecule has 2 aromatic rings. The monoisotopic (exact) mass is 449 g/mol. The maximum Gasteiger partial charge on any atom is 0.281 e. The Morgan fingerprint density at radius 1 is 0.964 bits per heavy atom. The van der Waals surface area contributed by atoms with E-state index in [9.17, 15) is 19.7 Å². The summed E-state index contributed by atoms with van der Waals surface area (Å²) in [6.45, 7) is 6.02. The summed E-state index contributed by atoms with van der Waals surface area (Å²) >= 11 is 10.3. The van der Waals surface area contributed by atoms with Crippen molar-refractivity contribution >= 4 is 51.8 Å². The minimum atomic E-state index is -0.817. The van der Waals surface area contributed by atoms with Crippen molar-refractivity contribution in [3.63, 3.8) is 0 Å². The van der Waals surface area contributed by atoms with Crippen LogP contribution in [-0.2, 0) is 0 Å². The number of nitro groups is 1. The van der Waals surface area contributed by atoms with Crippen LogP contribution >= 0.6 is 35.6 Å². The van der Waals surface area contributed by atoms with Crippen molar-refractivity contribution in [3.8, 4) is 0 Å². The number of nitrogens with zero attached hydrogens (tertiary/aromatic N) is 1. The van der Waals surface area contributed by atoms with Gasteiger partial charge in [-0.3, -0.25) is 31.0 Å². The number of hydrogen-bond acceptors (Lipinski definition) is 6. The largest absolute Gasteiger partial charge is 0.281 e. The molecule has 0 unspecified atom stereocenters. The Morgan fingerprint density at radius 3 is 1.68 bits per heavy atom. The van der Waals surface area contributed by atoms with Gasteiger partial charge in [-0.1, -0.05) is 42.5 Å². The first-order valence-corrected chi connectivity index (χ1v) is 8.41. The maximum absolute atomic E-state index is 10.6. The van der Waals surface area contributed by atoms with Crippen molar-refractivity contribution in [2.45, 2.75) is 26.3 Å². The van der Waals surface area contributed by atoms with Crippen LogP contribution in [0.25, 0.3) is 0 Å². The maximum atomic E-state index is 10.6. The number of hydrogen-bond donors (Lipinski definition) is 2. The van der Waals surface area contributed by atoms with Gasteiger partial charge in [0.2, 0.25) is 0 Å². The van der Waals surface area contributed by atoms with Gasteiger partial charge in [-0.25, -0.2) is 0 Å². The zero-order chi connectivity index (χ0) is 21.0. The molecular weight excluding hydrogens is 429 g/mol. The Kier molecular flexibility index (Phi) is 14.1. The predicted molar refractivity (Wildman–Crippen MR) is 114 cm³/mol. The number of benzene rings is 2. The Balaban J connectivity index is 0. The fourth-order valence-electron chi connectivity index (χ4n) is 1.37. The first kappa shape index (κ1) is 28.2.